The molecule has 3 heterocycles. The zero-order valence-electron chi connectivity index (χ0n) is 26.5. The first-order chi connectivity index (χ1) is 24.0. The van der Waals surface area contributed by atoms with E-state index in [2.05, 4.69) is 88.3 Å². The second-order valence-electron chi connectivity index (χ2n) is 12.2. The SMILES string of the molecule is O=S(=O)(O)CCCN1C(=Cc2sc3ccc4c5ccccc5ccc4c3[n+]2CCCS(=O)(=O)O)Sc2ccc(-c3cc4ccccc4s3)cc21. The number of benzene rings is 5. The smallest absolute Gasteiger partial charge is 0.265 e. The number of anilines is 1. The highest BCUT2D eigenvalue weighted by molar-refractivity contribution is 8.04. The van der Waals surface area contributed by atoms with Gasteiger partial charge in [-0.25, -0.2) is 0 Å². The summed E-state index contributed by atoms with van der Waals surface area (Å²) in [5, 5.41) is 7.38. The molecule has 8 rings (SSSR count). The molecule has 0 spiro atoms. The fourth-order valence-electron chi connectivity index (χ4n) is 6.65. The number of hydrogen-bond donors (Lipinski definition) is 2. The Hall–Kier alpha value is -3.82. The van der Waals surface area contributed by atoms with Gasteiger partial charge in [0.25, 0.3) is 25.2 Å². The third kappa shape index (κ3) is 6.66. The van der Waals surface area contributed by atoms with Gasteiger partial charge in [0.05, 0.1) is 33.7 Å². The number of aromatic nitrogens is 1. The van der Waals surface area contributed by atoms with Crippen molar-refractivity contribution in [2.24, 2.45) is 0 Å². The molecule has 8 nitrogen and oxygen atoms in total. The lowest BCUT2D eigenvalue weighted by Gasteiger charge is -2.20. The number of fused-ring (bicyclic) bond motifs is 7. The molecular formula is C37H31N2O6S5+. The second-order valence-corrected chi connectivity index (χ2v) is 18.6. The monoisotopic (exact) mass is 759 g/mol. The van der Waals surface area contributed by atoms with E-state index in [1.807, 2.05) is 24.3 Å². The zero-order chi connectivity index (χ0) is 34.6. The normalized spacial score (nSPS) is 14.5. The Kier molecular flexibility index (Phi) is 8.70. The lowest BCUT2D eigenvalue weighted by Crippen LogP contribution is -2.36. The summed E-state index contributed by atoms with van der Waals surface area (Å²) in [6.45, 7) is 0.728. The predicted molar refractivity (Wildman–Crippen MR) is 208 cm³/mol. The lowest BCUT2D eigenvalue weighted by molar-refractivity contribution is -0.667. The van der Waals surface area contributed by atoms with Crippen molar-refractivity contribution in [2.75, 3.05) is 23.0 Å². The molecule has 1 aliphatic heterocycles. The average molecular weight is 760 g/mol. The molecule has 13 heteroatoms. The van der Waals surface area contributed by atoms with E-state index in [0.29, 0.717) is 13.1 Å². The van der Waals surface area contributed by atoms with Gasteiger partial charge in [-0.1, -0.05) is 83.8 Å². The summed E-state index contributed by atoms with van der Waals surface area (Å²) in [6.07, 6.45) is 2.53. The minimum atomic E-state index is -4.15. The zero-order valence-corrected chi connectivity index (χ0v) is 30.6. The Bertz CT molecular complexity index is 2680. The van der Waals surface area contributed by atoms with Crippen LogP contribution in [0.3, 0.4) is 0 Å². The van der Waals surface area contributed by atoms with E-state index in [1.165, 1.54) is 10.1 Å². The van der Waals surface area contributed by atoms with Gasteiger partial charge in [0.2, 0.25) is 5.52 Å². The van der Waals surface area contributed by atoms with Crippen molar-refractivity contribution < 1.29 is 30.5 Å². The maximum atomic E-state index is 11.7. The Morgan fingerprint density at radius 1 is 0.700 bits per heavy atom. The van der Waals surface area contributed by atoms with Crippen molar-refractivity contribution >= 4 is 108 Å². The van der Waals surface area contributed by atoms with E-state index in [0.717, 1.165) is 62.8 Å². The minimum absolute atomic E-state index is 0.222. The first kappa shape index (κ1) is 33.3. The van der Waals surface area contributed by atoms with Crippen molar-refractivity contribution in [2.45, 2.75) is 24.3 Å². The summed E-state index contributed by atoms with van der Waals surface area (Å²) < 4.78 is 70.3. The molecule has 0 saturated heterocycles. The molecule has 5 aromatic carbocycles. The molecule has 7 aromatic rings. The number of thiazole rings is 1. The first-order valence-electron chi connectivity index (χ1n) is 16.0. The molecule has 0 fully saturated rings. The Morgan fingerprint density at radius 2 is 1.44 bits per heavy atom. The molecule has 0 atom stereocenters. The standard InChI is InChI=1S/C37H30N2O6S5/c40-49(41,42)19-5-17-38-30-21-26(34-22-25-8-2-4-10-31(25)46-34)12-15-32(30)47-35(38)23-36-39(18-6-20-50(43,44)45)37-29-13-11-24-7-1-3-9-27(24)28(29)14-16-33(37)48-36/h1-4,7-16,21-23H,5-6,17-20H2,(H-,40,41,42,43,44,45)/p+1. The largest absolute Gasteiger partial charge is 0.335 e. The summed E-state index contributed by atoms with van der Waals surface area (Å²) in [6, 6.07) is 33.5. The number of thioether (sulfide) groups is 1. The molecule has 254 valence electrons. The van der Waals surface area contributed by atoms with E-state index >= 15 is 0 Å². The highest BCUT2D eigenvalue weighted by atomic mass is 32.2. The van der Waals surface area contributed by atoms with Gasteiger partial charge < -0.3 is 4.90 Å². The first-order valence-corrected chi connectivity index (χ1v) is 21.6. The highest BCUT2D eigenvalue weighted by Crippen LogP contribution is 2.49. The van der Waals surface area contributed by atoms with Crippen LogP contribution < -0.4 is 9.47 Å². The molecular weight excluding hydrogens is 729 g/mol. The molecule has 50 heavy (non-hydrogen) atoms. The minimum Gasteiger partial charge on any atom is -0.335 e. The molecule has 0 bridgehead atoms. The van der Waals surface area contributed by atoms with Crippen molar-refractivity contribution in [1.82, 2.24) is 0 Å². The van der Waals surface area contributed by atoms with Crippen LogP contribution in [0.5, 0.6) is 0 Å². The summed E-state index contributed by atoms with van der Waals surface area (Å²) in [7, 11) is -8.29. The van der Waals surface area contributed by atoms with Crippen LogP contribution in [0.2, 0.25) is 0 Å². The van der Waals surface area contributed by atoms with Gasteiger partial charge in [0.15, 0.2) is 6.54 Å². The Morgan fingerprint density at radius 3 is 2.24 bits per heavy atom. The number of thiophene rings is 1. The summed E-state index contributed by atoms with van der Waals surface area (Å²) in [5.74, 6) is -0.714. The van der Waals surface area contributed by atoms with Gasteiger partial charge in [-0.15, -0.1) is 11.3 Å². The Balaban J connectivity index is 1.25. The van der Waals surface area contributed by atoms with Crippen LogP contribution in [0.25, 0.3) is 58.4 Å². The molecule has 0 radical (unpaired) electrons. The van der Waals surface area contributed by atoms with Crippen LogP contribution in [0, 0.1) is 0 Å². The molecule has 1 aliphatic rings. The van der Waals surface area contributed by atoms with Gasteiger partial charge in [-0.3, -0.25) is 9.11 Å². The topological polar surface area (TPSA) is 116 Å². The van der Waals surface area contributed by atoms with E-state index in [1.54, 1.807) is 34.4 Å². The third-order valence-corrected chi connectivity index (χ3v) is 13.8. The van der Waals surface area contributed by atoms with Crippen molar-refractivity contribution in [3.63, 3.8) is 0 Å². The maximum Gasteiger partial charge on any atom is 0.265 e. The van der Waals surface area contributed by atoms with Crippen LogP contribution in [0.4, 0.5) is 5.69 Å². The maximum absolute atomic E-state index is 11.7. The van der Waals surface area contributed by atoms with Gasteiger partial charge in [-0.05, 0) is 69.9 Å². The van der Waals surface area contributed by atoms with Crippen LogP contribution in [0.15, 0.2) is 107 Å². The molecule has 2 aromatic heterocycles. The third-order valence-electron chi connectivity index (χ3n) is 8.87. The van der Waals surface area contributed by atoms with Gasteiger partial charge in [0.1, 0.15) is 4.70 Å². The molecule has 0 aliphatic carbocycles. The summed E-state index contributed by atoms with van der Waals surface area (Å²) in [5.41, 5.74) is 3.01. The average Bonchev–Trinajstić information content (AvgIpc) is 3.77. The molecule has 0 amide bonds. The number of aryl methyl sites for hydroxylation is 1. The molecule has 0 saturated carbocycles. The highest BCUT2D eigenvalue weighted by Gasteiger charge is 2.30. The van der Waals surface area contributed by atoms with Crippen LogP contribution >= 0.6 is 34.4 Å². The second kappa shape index (κ2) is 13.1. The van der Waals surface area contributed by atoms with Crippen molar-refractivity contribution in [3.8, 4) is 10.4 Å². The number of hydrogen-bond acceptors (Lipinski definition) is 8. The van der Waals surface area contributed by atoms with Crippen LogP contribution in [-0.4, -0.2) is 44.0 Å². The van der Waals surface area contributed by atoms with Crippen LogP contribution in [-0.2, 0) is 26.8 Å². The predicted octanol–water partition coefficient (Wildman–Crippen LogP) is 8.84. The quantitative estimate of drug-likeness (QED) is 0.0808. The molecule has 0 unspecified atom stereocenters. The summed E-state index contributed by atoms with van der Waals surface area (Å²) >= 11 is 4.92. The Labute approximate surface area is 301 Å². The fourth-order valence-corrected chi connectivity index (χ4v) is 11.0. The summed E-state index contributed by atoms with van der Waals surface area (Å²) in [4.78, 5) is 4.28. The van der Waals surface area contributed by atoms with Gasteiger partial charge in [-0.2, -0.15) is 21.4 Å². The number of rotatable bonds is 10. The van der Waals surface area contributed by atoms with E-state index < -0.39 is 20.2 Å². The van der Waals surface area contributed by atoms with Gasteiger partial charge in [0, 0.05) is 27.4 Å². The van der Waals surface area contributed by atoms with Gasteiger partial charge >= 0.3 is 0 Å². The van der Waals surface area contributed by atoms with Crippen molar-refractivity contribution in [1.29, 1.82) is 0 Å². The lowest BCUT2D eigenvalue weighted by atomic mass is 10.0. The fraction of sp³-hybridized carbons (Fsp3) is 0.162. The van der Waals surface area contributed by atoms with E-state index in [4.69, 9.17) is 0 Å². The molecule has 2 N–H and O–H groups in total. The van der Waals surface area contributed by atoms with Crippen molar-refractivity contribution in [3.05, 3.63) is 107 Å². The number of nitrogens with zero attached hydrogens (tertiary/aromatic N) is 2. The van der Waals surface area contributed by atoms with E-state index in [-0.39, 0.29) is 24.3 Å². The van der Waals surface area contributed by atoms with Crippen LogP contribution in [0.1, 0.15) is 17.8 Å². The van der Waals surface area contributed by atoms with E-state index in [9.17, 15) is 25.9 Å².